The van der Waals surface area contributed by atoms with Crippen molar-refractivity contribution in [3.63, 3.8) is 0 Å². The van der Waals surface area contributed by atoms with E-state index < -0.39 is 0 Å². The summed E-state index contributed by atoms with van der Waals surface area (Å²) in [4.78, 5) is 11.3. The molecule has 0 heterocycles. The molecule has 1 aromatic carbocycles. The molecular formula is C10H8BrNO. The molecule has 1 rings (SSSR count). The number of rotatable bonds is 1. The van der Waals surface area contributed by atoms with E-state index in [0.717, 1.165) is 4.47 Å². The summed E-state index contributed by atoms with van der Waals surface area (Å²) in [5, 5.41) is 2.45. The molecule has 0 aliphatic carbocycles. The largest absolute Gasteiger partial charge is 0.281 e. The van der Waals surface area contributed by atoms with E-state index in [1.807, 2.05) is 12.1 Å². The minimum atomic E-state index is -0.179. The van der Waals surface area contributed by atoms with Crippen molar-refractivity contribution in [1.29, 1.82) is 0 Å². The molecular weight excluding hydrogens is 230 g/mol. The van der Waals surface area contributed by atoms with Crippen LogP contribution in [-0.2, 0) is 0 Å². The van der Waals surface area contributed by atoms with Crippen LogP contribution < -0.4 is 5.32 Å². The fraction of sp³-hybridized carbons (Fsp3) is 0.100. The molecule has 0 aromatic heterocycles. The molecule has 0 atom stereocenters. The van der Waals surface area contributed by atoms with Crippen LogP contribution in [0, 0.1) is 12.0 Å². The summed E-state index contributed by atoms with van der Waals surface area (Å²) in [5.74, 6) is 2.41. The van der Waals surface area contributed by atoms with Crippen LogP contribution in [0.25, 0.3) is 0 Å². The van der Waals surface area contributed by atoms with Gasteiger partial charge in [-0.05, 0) is 31.2 Å². The van der Waals surface area contributed by atoms with E-state index in [-0.39, 0.29) is 5.91 Å². The molecule has 0 unspecified atom stereocenters. The predicted molar refractivity (Wildman–Crippen MR) is 55.1 cm³/mol. The number of amides is 1. The van der Waals surface area contributed by atoms with Gasteiger partial charge in [-0.25, -0.2) is 0 Å². The van der Waals surface area contributed by atoms with Crippen molar-refractivity contribution in [3.8, 4) is 12.0 Å². The second-order valence-corrected chi connectivity index (χ2v) is 3.25. The molecule has 0 aliphatic heterocycles. The number of nitrogens with one attached hydrogen (secondary N) is 1. The first kappa shape index (κ1) is 9.82. The van der Waals surface area contributed by atoms with Crippen LogP contribution in [0.4, 0.5) is 0 Å². The lowest BCUT2D eigenvalue weighted by Gasteiger charge is -1.97. The normalized spacial score (nSPS) is 8.46. The minimum Gasteiger partial charge on any atom is -0.281 e. The van der Waals surface area contributed by atoms with Gasteiger partial charge in [0.05, 0.1) is 0 Å². The van der Waals surface area contributed by atoms with Gasteiger partial charge in [0.25, 0.3) is 5.91 Å². The summed E-state index contributed by atoms with van der Waals surface area (Å²) in [5.41, 5.74) is 0.603. The van der Waals surface area contributed by atoms with Gasteiger partial charge in [0, 0.05) is 16.1 Å². The van der Waals surface area contributed by atoms with Gasteiger partial charge in [-0.2, -0.15) is 0 Å². The Morgan fingerprint density at radius 3 is 2.54 bits per heavy atom. The summed E-state index contributed by atoms with van der Waals surface area (Å²) in [7, 11) is 0. The first-order chi connectivity index (χ1) is 6.24. The van der Waals surface area contributed by atoms with E-state index in [1.165, 1.54) is 0 Å². The van der Waals surface area contributed by atoms with Crippen molar-refractivity contribution >= 4 is 21.8 Å². The fourth-order valence-electron chi connectivity index (χ4n) is 0.793. The molecule has 0 aliphatic rings. The zero-order valence-corrected chi connectivity index (χ0v) is 8.68. The zero-order valence-electron chi connectivity index (χ0n) is 7.10. The highest BCUT2D eigenvalue weighted by Gasteiger charge is 2.01. The number of carbonyl (C=O) groups is 1. The van der Waals surface area contributed by atoms with Crippen molar-refractivity contribution in [3.05, 3.63) is 34.3 Å². The second-order valence-electron chi connectivity index (χ2n) is 2.34. The molecule has 0 bridgehead atoms. The lowest BCUT2D eigenvalue weighted by Crippen LogP contribution is -2.17. The van der Waals surface area contributed by atoms with Crippen LogP contribution in [0.3, 0.4) is 0 Å². The van der Waals surface area contributed by atoms with Crippen molar-refractivity contribution in [1.82, 2.24) is 5.32 Å². The molecule has 13 heavy (non-hydrogen) atoms. The monoisotopic (exact) mass is 237 g/mol. The van der Waals surface area contributed by atoms with Crippen molar-refractivity contribution in [2.24, 2.45) is 0 Å². The maximum Gasteiger partial charge on any atom is 0.262 e. The Labute approximate surface area is 85.5 Å². The van der Waals surface area contributed by atoms with Crippen molar-refractivity contribution in [2.45, 2.75) is 6.92 Å². The average molecular weight is 238 g/mol. The van der Waals surface area contributed by atoms with Crippen LogP contribution in [0.2, 0.25) is 0 Å². The maximum atomic E-state index is 11.3. The number of halogens is 1. The summed E-state index contributed by atoms with van der Waals surface area (Å²) >= 11 is 3.29. The van der Waals surface area contributed by atoms with E-state index in [0.29, 0.717) is 5.56 Å². The molecule has 0 saturated carbocycles. The highest BCUT2D eigenvalue weighted by atomic mass is 79.9. The van der Waals surface area contributed by atoms with E-state index in [1.54, 1.807) is 19.1 Å². The summed E-state index contributed by atoms with van der Waals surface area (Å²) in [6.45, 7) is 1.67. The zero-order chi connectivity index (χ0) is 9.68. The Morgan fingerprint density at radius 1 is 1.38 bits per heavy atom. The van der Waals surface area contributed by atoms with E-state index in [2.05, 4.69) is 33.2 Å². The standard InChI is InChI=1S/C10H8BrNO/c1-2-7-12-10(13)8-3-5-9(11)6-4-8/h3-6H,1H3,(H,12,13). The van der Waals surface area contributed by atoms with Crippen LogP contribution in [0.1, 0.15) is 17.3 Å². The minimum absolute atomic E-state index is 0.179. The van der Waals surface area contributed by atoms with Gasteiger partial charge in [0.15, 0.2) is 0 Å². The first-order valence-corrected chi connectivity index (χ1v) is 4.51. The molecule has 0 spiro atoms. The Hall–Kier alpha value is -1.27. The van der Waals surface area contributed by atoms with Gasteiger partial charge in [-0.1, -0.05) is 21.9 Å². The van der Waals surface area contributed by atoms with E-state index in [4.69, 9.17) is 0 Å². The topological polar surface area (TPSA) is 29.1 Å². The van der Waals surface area contributed by atoms with E-state index in [9.17, 15) is 4.79 Å². The fourth-order valence-corrected chi connectivity index (χ4v) is 1.06. The number of benzene rings is 1. The molecule has 2 nitrogen and oxygen atoms in total. The quantitative estimate of drug-likeness (QED) is 0.589. The molecule has 66 valence electrons. The SMILES string of the molecule is CC#CNC(=O)c1ccc(Br)cc1. The van der Waals surface area contributed by atoms with Gasteiger partial charge in [-0.15, -0.1) is 0 Å². The molecule has 0 radical (unpaired) electrons. The average Bonchev–Trinajstić information content (AvgIpc) is 2.15. The maximum absolute atomic E-state index is 11.3. The molecule has 0 saturated heterocycles. The third kappa shape index (κ3) is 2.92. The van der Waals surface area contributed by atoms with Gasteiger partial charge >= 0.3 is 0 Å². The smallest absolute Gasteiger partial charge is 0.262 e. The third-order valence-corrected chi connectivity index (χ3v) is 1.94. The number of carbonyl (C=O) groups excluding carboxylic acids is 1. The van der Waals surface area contributed by atoms with Crippen LogP contribution in [-0.4, -0.2) is 5.91 Å². The Morgan fingerprint density at radius 2 is 2.00 bits per heavy atom. The summed E-state index contributed by atoms with van der Waals surface area (Å²) in [6, 6.07) is 9.59. The predicted octanol–water partition coefficient (Wildman–Crippen LogP) is 2.16. The first-order valence-electron chi connectivity index (χ1n) is 3.71. The van der Waals surface area contributed by atoms with Gasteiger partial charge in [0.2, 0.25) is 0 Å². The Balaban J connectivity index is 2.76. The number of hydrogen-bond donors (Lipinski definition) is 1. The van der Waals surface area contributed by atoms with Crippen LogP contribution in [0.15, 0.2) is 28.7 Å². The molecule has 1 aromatic rings. The van der Waals surface area contributed by atoms with Crippen LogP contribution >= 0.6 is 15.9 Å². The van der Waals surface area contributed by atoms with E-state index >= 15 is 0 Å². The van der Waals surface area contributed by atoms with Gasteiger partial charge in [-0.3, -0.25) is 10.1 Å². The van der Waals surface area contributed by atoms with Crippen molar-refractivity contribution < 1.29 is 4.79 Å². The van der Waals surface area contributed by atoms with Crippen LogP contribution in [0.5, 0.6) is 0 Å². The summed E-state index contributed by atoms with van der Waals surface area (Å²) in [6.07, 6.45) is 0. The second kappa shape index (κ2) is 4.68. The van der Waals surface area contributed by atoms with Gasteiger partial charge < -0.3 is 0 Å². The van der Waals surface area contributed by atoms with Crippen molar-refractivity contribution in [2.75, 3.05) is 0 Å². The third-order valence-electron chi connectivity index (χ3n) is 1.41. The summed E-state index contributed by atoms with van der Waals surface area (Å²) < 4.78 is 0.950. The number of hydrogen-bond acceptors (Lipinski definition) is 1. The lowest BCUT2D eigenvalue weighted by atomic mass is 10.2. The lowest BCUT2D eigenvalue weighted by molar-refractivity contribution is 0.0973. The molecule has 1 amide bonds. The molecule has 3 heteroatoms. The Kier molecular flexibility index (Phi) is 3.53. The Bertz CT molecular complexity index is 359. The van der Waals surface area contributed by atoms with Gasteiger partial charge in [0.1, 0.15) is 0 Å². The molecule has 1 N–H and O–H groups in total. The highest BCUT2D eigenvalue weighted by molar-refractivity contribution is 9.10. The highest BCUT2D eigenvalue weighted by Crippen LogP contribution is 2.09. The molecule has 0 fully saturated rings.